The number of carbonyl (C=O) groups excluding carboxylic acids is 2. The Morgan fingerprint density at radius 3 is 2.38 bits per heavy atom. The largest absolute Gasteiger partial charge is 0.491 e. The number of nitrogens with one attached hydrogen (secondary N) is 1. The van der Waals surface area contributed by atoms with Gasteiger partial charge in [-0.3, -0.25) is 14.5 Å². The molecule has 164 valence electrons. The van der Waals surface area contributed by atoms with E-state index >= 15 is 0 Å². The monoisotopic (exact) mass is 430 g/mol. The molecule has 1 aliphatic heterocycles. The van der Waals surface area contributed by atoms with Crippen molar-refractivity contribution in [2.75, 3.05) is 5.32 Å². The molecule has 2 aromatic carbocycles. The molecule has 1 N–H and O–H groups in total. The Bertz CT molecular complexity index is 1180. The van der Waals surface area contributed by atoms with Crippen molar-refractivity contribution in [3.8, 4) is 5.75 Å². The number of amides is 2. The van der Waals surface area contributed by atoms with Crippen LogP contribution in [0, 0.1) is 13.8 Å². The lowest BCUT2D eigenvalue weighted by Crippen LogP contribution is -2.31. The van der Waals surface area contributed by atoms with E-state index in [1.807, 2.05) is 70.2 Å². The predicted octanol–water partition coefficient (Wildman–Crippen LogP) is 5.08. The number of hydrogen-bond acceptors (Lipinski definition) is 5. The number of ether oxygens (including phenoxy) is 1. The molecular weight excluding hydrogens is 404 g/mol. The van der Waals surface area contributed by atoms with E-state index in [9.17, 15) is 9.59 Å². The van der Waals surface area contributed by atoms with Crippen molar-refractivity contribution in [2.45, 2.75) is 40.3 Å². The van der Waals surface area contributed by atoms with Gasteiger partial charge < -0.3 is 14.5 Å². The van der Waals surface area contributed by atoms with E-state index in [1.165, 1.54) is 11.2 Å². The number of anilines is 1. The van der Waals surface area contributed by atoms with E-state index < -0.39 is 0 Å². The van der Waals surface area contributed by atoms with Gasteiger partial charge in [-0.2, -0.15) is 0 Å². The van der Waals surface area contributed by atoms with Gasteiger partial charge in [-0.15, -0.1) is 0 Å². The van der Waals surface area contributed by atoms with Gasteiger partial charge in [-0.1, -0.05) is 23.8 Å². The summed E-state index contributed by atoms with van der Waals surface area (Å²) in [6.45, 7) is 7.94. The summed E-state index contributed by atoms with van der Waals surface area (Å²) in [5.41, 5.74) is 4.07. The van der Waals surface area contributed by atoms with Crippen LogP contribution in [0.3, 0.4) is 0 Å². The molecular formula is C26H26N2O4. The topological polar surface area (TPSA) is 71.8 Å². The second-order valence-corrected chi connectivity index (χ2v) is 8.16. The fourth-order valence-electron chi connectivity index (χ4n) is 3.77. The lowest BCUT2D eigenvalue weighted by Gasteiger charge is -2.14. The van der Waals surface area contributed by atoms with E-state index in [0.717, 1.165) is 22.4 Å². The number of nitrogens with zero attached hydrogens (tertiary/aromatic N) is 1. The van der Waals surface area contributed by atoms with Crippen molar-refractivity contribution in [1.29, 1.82) is 0 Å². The molecule has 0 atom stereocenters. The van der Waals surface area contributed by atoms with Crippen molar-refractivity contribution in [3.05, 3.63) is 89.0 Å². The van der Waals surface area contributed by atoms with Crippen LogP contribution in [0.5, 0.6) is 5.75 Å². The lowest BCUT2D eigenvalue weighted by atomic mass is 9.97. The highest BCUT2D eigenvalue weighted by Crippen LogP contribution is 2.33. The Hall–Kier alpha value is -3.80. The van der Waals surface area contributed by atoms with Gasteiger partial charge in [0.1, 0.15) is 17.2 Å². The minimum Gasteiger partial charge on any atom is -0.491 e. The van der Waals surface area contributed by atoms with Gasteiger partial charge in [0.2, 0.25) is 0 Å². The molecule has 0 saturated carbocycles. The van der Waals surface area contributed by atoms with Gasteiger partial charge in [0.15, 0.2) is 0 Å². The first-order chi connectivity index (χ1) is 15.3. The molecule has 0 bridgehead atoms. The van der Waals surface area contributed by atoms with Crippen LogP contribution < -0.4 is 10.1 Å². The number of carbonyl (C=O) groups is 2. The van der Waals surface area contributed by atoms with Crippen molar-refractivity contribution >= 4 is 23.1 Å². The van der Waals surface area contributed by atoms with Crippen molar-refractivity contribution in [2.24, 2.45) is 0 Å². The molecule has 3 aromatic rings. The Labute approximate surface area is 187 Å². The summed E-state index contributed by atoms with van der Waals surface area (Å²) in [6.07, 6.45) is 1.59. The van der Waals surface area contributed by atoms with E-state index in [0.29, 0.717) is 17.0 Å². The summed E-state index contributed by atoms with van der Waals surface area (Å²) in [6, 6.07) is 16.7. The first-order valence-corrected chi connectivity index (χ1v) is 10.6. The molecule has 6 nitrogen and oxygen atoms in total. The zero-order valence-electron chi connectivity index (χ0n) is 18.6. The van der Waals surface area contributed by atoms with Crippen LogP contribution in [0.15, 0.2) is 71.0 Å². The number of furan rings is 1. The van der Waals surface area contributed by atoms with Crippen molar-refractivity contribution in [1.82, 2.24) is 4.90 Å². The third-order valence-corrected chi connectivity index (χ3v) is 5.21. The summed E-state index contributed by atoms with van der Waals surface area (Å²) in [7, 11) is 0. The van der Waals surface area contributed by atoms with Gasteiger partial charge in [0.05, 0.1) is 24.5 Å². The maximum atomic E-state index is 13.4. The third kappa shape index (κ3) is 4.30. The predicted molar refractivity (Wildman–Crippen MR) is 123 cm³/mol. The van der Waals surface area contributed by atoms with E-state index in [2.05, 4.69) is 5.32 Å². The second-order valence-electron chi connectivity index (χ2n) is 8.16. The molecule has 2 amide bonds. The molecule has 1 aromatic heterocycles. The number of hydrogen-bond donors (Lipinski definition) is 1. The maximum absolute atomic E-state index is 13.4. The number of benzene rings is 2. The minimum atomic E-state index is -0.385. The molecule has 0 fully saturated rings. The van der Waals surface area contributed by atoms with Crippen LogP contribution >= 0.6 is 0 Å². The molecule has 6 heteroatoms. The Morgan fingerprint density at radius 1 is 1.00 bits per heavy atom. The summed E-state index contributed by atoms with van der Waals surface area (Å²) < 4.78 is 11.1. The number of aryl methyl sites for hydroxylation is 2. The van der Waals surface area contributed by atoms with Gasteiger partial charge in [-0.05, 0) is 75.2 Å². The highest BCUT2D eigenvalue weighted by atomic mass is 16.5. The smallest absolute Gasteiger partial charge is 0.278 e. The first kappa shape index (κ1) is 21.4. The van der Waals surface area contributed by atoms with Crippen molar-refractivity contribution < 1.29 is 18.7 Å². The Morgan fingerprint density at radius 2 is 1.75 bits per heavy atom. The lowest BCUT2D eigenvalue weighted by molar-refractivity contribution is -0.137. The van der Waals surface area contributed by atoms with Crippen LogP contribution in [0.25, 0.3) is 5.57 Å². The standard InChI is InChI=1S/C26H26N2O4/c1-16(2)32-20-10-8-19(9-11-20)27-24-23(22-12-7-17(3)14-18(22)4)25(29)28(26(24)30)15-21-6-5-13-31-21/h5-14,16,27H,15H2,1-4H3. The van der Waals surface area contributed by atoms with Gasteiger partial charge in [0.25, 0.3) is 11.8 Å². The molecule has 4 rings (SSSR count). The molecule has 0 saturated heterocycles. The summed E-state index contributed by atoms with van der Waals surface area (Å²) >= 11 is 0. The summed E-state index contributed by atoms with van der Waals surface area (Å²) in [5.74, 6) is 0.551. The molecule has 0 aliphatic carbocycles. The van der Waals surface area contributed by atoms with Crippen LogP contribution in [0.2, 0.25) is 0 Å². The quantitative estimate of drug-likeness (QED) is 0.530. The van der Waals surface area contributed by atoms with Crippen LogP contribution in [0.1, 0.15) is 36.3 Å². The number of rotatable bonds is 7. The molecule has 0 radical (unpaired) electrons. The first-order valence-electron chi connectivity index (χ1n) is 10.6. The average molecular weight is 431 g/mol. The fourth-order valence-corrected chi connectivity index (χ4v) is 3.77. The van der Waals surface area contributed by atoms with E-state index in [1.54, 1.807) is 12.1 Å². The fraction of sp³-hybridized carbons (Fsp3) is 0.231. The van der Waals surface area contributed by atoms with Crippen LogP contribution in [-0.4, -0.2) is 22.8 Å². The minimum absolute atomic E-state index is 0.0665. The molecule has 0 unspecified atom stereocenters. The second kappa shape index (κ2) is 8.75. The number of imide groups is 1. The highest BCUT2D eigenvalue weighted by molar-refractivity contribution is 6.36. The summed E-state index contributed by atoms with van der Waals surface area (Å²) in [4.78, 5) is 28.0. The zero-order valence-corrected chi connectivity index (χ0v) is 18.6. The average Bonchev–Trinajstić information content (AvgIpc) is 3.33. The van der Waals surface area contributed by atoms with Gasteiger partial charge in [-0.25, -0.2) is 0 Å². The third-order valence-electron chi connectivity index (χ3n) is 5.21. The van der Waals surface area contributed by atoms with E-state index in [-0.39, 0.29) is 30.2 Å². The van der Waals surface area contributed by atoms with Crippen LogP contribution in [0.4, 0.5) is 5.69 Å². The van der Waals surface area contributed by atoms with E-state index in [4.69, 9.17) is 9.15 Å². The molecule has 0 spiro atoms. The Kier molecular flexibility index (Phi) is 5.86. The highest BCUT2D eigenvalue weighted by Gasteiger charge is 2.40. The van der Waals surface area contributed by atoms with Gasteiger partial charge in [0, 0.05) is 5.69 Å². The van der Waals surface area contributed by atoms with Crippen molar-refractivity contribution in [3.63, 3.8) is 0 Å². The summed E-state index contributed by atoms with van der Waals surface area (Å²) in [5, 5.41) is 3.18. The Balaban J connectivity index is 1.72. The molecule has 2 heterocycles. The maximum Gasteiger partial charge on any atom is 0.278 e. The molecule has 1 aliphatic rings. The SMILES string of the molecule is Cc1ccc(C2=C(Nc3ccc(OC(C)C)cc3)C(=O)N(Cc3ccco3)C2=O)c(C)c1. The molecule has 32 heavy (non-hydrogen) atoms. The van der Waals surface area contributed by atoms with Crippen LogP contribution in [-0.2, 0) is 16.1 Å². The normalized spacial score (nSPS) is 14.0. The zero-order chi connectivity index (χ0) is 22.8. The van der Waals surface area contributed by atoms with Gasteiger partial charge >= 0.3 is 0 Å².